The average Bonchev–Trinajstić information content (AvgIpc) is 3.55. The van der Waals surface area contributed by atoms with Crippen LogP contribution < -0.4 is 0 Å². The number of rotatable bonds is 6. The molecule has 0 aliphatic carbocycles. The third kappa shape index (κ3) is 11.7. The molecule has 2 heterocycles. The summed E-state index contributed by atoms with van der Waals surface area (Å²) in [4.78, 5) is 0. The van der Waals surface area contributed by atoms with Crippen molar-refractivity contribution in [1.82, 2.24) is 0 Å². The Morgan fingerprint density at radius 3 is 1.27 bits per heavy atom. The molecule has 0 aliphatic rings. The van der Waals surface area contributed by atoms with Crippen molar-refractivity contribution in [3.63, 3.8) is 0 Å². The maximum absolute atomic E-state index is 7.67. The molecule has 0 fully saturated rings. The van der Waals surface area contributed by atoms with Gasteiger partial charge in [0.2, 0.25) is 0 Å². The zero-order valence-electron chi connectivity index (χ0n) is 18.9. The Balaban J connectivity index is 0.000000648. The van der Waals surface area contributed by atoms with E-state index < -0.39 is 0 Å². The van der Waals surface area contributed by atoms with Gasteiger partial charge in [-0.15, -0.1) is 10.2 Å². The van der Waals surface area contributed by atoms with Gasteiger partial charge in [0, 0.05) is 10.0 Å². The summed E-state index contributed by atoms with van der Waals surface area (Å²) in [6, 6.07) is 20.7. The predicted octanol–water partition coefficient (Wildman–Crippen LogP) is 4.52. The average molecular weight is 588 g/mol. The Bertz CT molecular complexity index is 1170. The Morgan fingerprint density at radius 2 is 0.973 bits per heavy atom. The van der Waals surface area contributed by atoms with E-state index in [9.17, 15) is 0 Å². The van der Waals surface area contributed by atoms with E-state index in [1.54, 1.807) is 85.3 Å². The quantitative estimate of drug-likeness (QED) is 0.106. The zero-order valence-corrected chi connectivity index (χ0v) is 21.6. The van der Waals surface area contributed by atoms with Crippen molar-refractivity contribution >= 4 is 47.4 Å². The van der Waals surface area contributed by atoms with E-state index in [2.05, 4.69) is 20.4 Å². The molecule has 4 rings (SSSR count). The fraction of sp³-hybridized carbons (Fsp3) is 0. The molecular formula is C24H22Cl2MnN4O6+2. The summed E-state index contributed by atoms with van der Waals surface area (Å²) in [6.45, 7) is 0. The smallest absolute Gasteiger partial charge is 0.870 e. The molecule has 0 saturated heterocycles. The Kier molecular flexibility index (Phi) is 15.9. The van der Waals surface area contributed by atoms with Crippen molar-refractivity contribution in [1.29, 1.82) is 0 Å². The van der Waals surface area contributed by atoms with Gasteiger partial charge >= 0.3 is 28.9 Å². The second-order valence-corrected chi connectivity index (χ2v) is 7.30. The monoisotopic (exact) mass is 587 g/mol. The number of hydrogen-bond acceptors (Lipinski definition) is 8. The SMILES string of the molecule is [Mn+2].[OH-].[OH-].[OH2+]C(=NN=Cc1ccco1)c1ccc(Cl)cc1.[OH2+]C(=NN=Cc1ccco1)c1ccc(Cl)cc1. The molecule has 2 aromatic heterocycles. The third-order valence-electron chi connectivity index (χ3n) is 4.01. The van der Waals surface area contributed by atoms with Crippen molar-refractivity contribution in [2.75, 3.05) is 0 Å². The van der Waals surface area contributed by atoms with Crippen LogP contribution in [-0.4, -0.2) is 45.4 Å². The Morgan fingerprint density at radius 1 is 0.622 bits per heavy atom. The molecule has 0 unspecified atom stereocenters. The van der Waals surface area contributed by atoms with E-state index in [-0.39, 0.29) is 39.8 Å². The summed E-state index contributed by atoms with van der Waals surface area (Å²) in [5.74, 6) is 1.34. The van der Waals surface area contributed by atoms with Crippen LogP contribution in [0.15, 0.2) is 115 Å². The van der Waals surface area contributed by atoms with Gasteiger partial charge in [0.25, 0.3) is 0 Å². The second kappa shape index (κ2) is 17.7. The molecule has 193 valence electrons. The minimum Gasteiger partial charge on any atom is -0.870 e. The number of halogens is 2. The first-order valence-electron chi connectivity index (χ1n) is 9.75. The van der Waals surface area contributed by atoms with Crippen molar-refractivity contribution in [2.45, 2.75) is 0 Å². The second-order valence-electron chi connectivity index (χ2n) is 6.43. The summed E-state index contributed by atoms with van der Waals surface area (Å²) in [6.07, 6.45) is 5.99. The minimum absolute atomic E-state index is 0. The normalized spacial score (nSPS) is 11.2. The molecule has 0 spiro atoms. The Hall–Kier alpha value is -3.70. The standard InChI is InChI=1S/2C12H9ClN2O2.Mn.2H2O/c2*13-10-5-3-9(4-6-10)12(16)15-14-8-11-2-1-7-17-11;;;/h2*1-8H,(H,15,16);;2*1H2/q;;+2;;. The van der Waals surface area contributed by atoms with Crippen LogP contribution in [0.5, 0.6) is 0 Å². The van der Waals surface area contributed by atoms with Crippen LogP contribution in [0.2, 0.25) is 10.0 Å². The van der Waals surface area contributed by atoms with Crippen molar-refractivity contribution < 1.29 is 47.1 Å². The van der Waals surface area contributed by atoms with Gasteiger partial charge in [0.15, 0.2) is 0 Å². The van der Waals surface area contributed by atoms with E-state index >= 15 is 0 Å². The van der Waals surface area contributed by atoms with Crippen LogP contribution in [0.3, 0.4) is 0 Å². The number of hydrogen-bond donors (Lipinski definition) is 0. The van der Waals surface area contributed by atoms with E-state index in [1.807, 2.05) is 0 Å². The van der Waals surface area contributed by atoms with Gasteiger partial charge in [0.05, 0.1) is 36.1 Å². The van der Waals surface area contributed by atoms with E-state index in [0.717, 1.165) is 0 Å². The molecule has 0 amide bonds. The molecule has 0 saturated carbocycles. The molecule has 1 radical (unpaired) electrons. The van der Waals surface area contributed by atoms with Crippen LogP contribution in [0.1, 0.15) is 22.6 Å². The van der Waals surface area contributed by atoms with Gasteiger partial charge in [-0.25, -0.2) is 0 Å². The molecule has 6 N–H and O–H groups in total. The first kappa shape index (κ1) is 33.3. The van der Waals surface area contributed by atoms with Gasteiger partial charge in [-0.2, -0.15) is 0 Å². The first-order valence-corrected chi connectivity index (χ1v) is 10.5. The number of nitrogens with zero attached hydrogens (tertiary/aromatic N) is 4. The fourth-order valence-electron chi connectivity index (χ4n) is 2.35. The zero-order chi connectivity index (χ0) is 24.2. The van der Waals surface area contributed by atoms with Gasteiger partial charge < -0.3 is 30.0 Å². The molecule has 0 bridgehead atoms. The molecule has 0 atom stereocenters. The van der Waals surface area contributed by atoms with Crippen LogP contribution in [0.25, 0.3) is 0 Å². The topological polar surface area (TPSA) is 182 Å². The summed E-state index contributed by atoms with van der Waals surface area (Å²) >= 11 is 11.5. The molecule has 4 aromatic rings. The molecule has 0 aliphatic heterocycles. The minimum atomic E-state index is 0. The molecule has 2 aromatic carbocycles. The number of furan rings is 2. The van der Waals surface area contributed by atoms with Crippen LogP contribution in [-0.2, 0) is 17.1 Å². The van der Waals surface area contributed by atoms with E-state index in [4.69, 9.17) is 42.2 Å². The fourth-order valence-corrected chi connectivity index (χ4v) is 2.60. The van der Waals surface area contributed by atoms with E-state index in [0.29, 0.717) is 32.7 Å². The Labute approximate surface area is 232 Å². The third-order valence-corrected chi connectivity index (χ3v) is 4.51. The van der Waals surface area contributed by atoms with Gasteiger partial charge in [-0.05, 0) is 72.8 Å². The number of benzene rings is 2. The van der Waals surface area contributed by atoms with Gasteiger partial charge in [-0.3, -0.25) is 0 Å². The first-order chi connectivity index (χ1) is 16.5. The van der Waals surface area contributed by atoms with Crippen molar-refractivity contribution in [3.8, 4) is 0 Å². The summed E-state index contributed by atoms with van der Waals surface area (Å²) in [5.41, 5.74) is 1.32. The van der Waals surface area contributed by atoms with Crippen LogP contribution in [0.4, 0.5) is 0 Å². The van der Waals surface area contributed by atoms with Gasteiger partial charge in [0.1, 0.15) is 11.5 Å². The van der Waals surface area contributed by atoms with Crippen molar-refractivity contribution in [3.05, 3.63) is 118 Å². The summed E-state index contributed by atoms with van der Waals surface area (Å²) in [5, 5.41) is 31.6. The largest absolute Gasteiger partial charge is 2.00 e. The maximum Gasteiger partial charge on any atom is 2.00 e. The maximum atomic E-state index is 7.67. The molecule has 37 heavy (non-hydrogen) atoms. The molecule has 10 nitrogen and oxygen atoms in total. The van der Waals surface area contributed by atoms with Crippen LogP contribution >= 0.6 is 23.2 Å². The van der Waals surface area contributed by atoms with Gasteiger partial charge in [-0.1, -0.05) is 33.4 Å². The predicted molar refractivity (Wildman–Crippen MR) is 140 cm³/mol. The molecular weight excluding hydrogens is 566 g/mol. The summed E-state index contributed by atoms with van der Waals surface area (Å²) < 4.78 is 10.1. The molecule has 13 heteroatoms. The van der Waals surface area contributed by atoms with Crippen LogP contribution in [0, 0.1) is 0 Å². The van der Waals surface area contributed by atoms with Crippen molar-refractivity contribution in [2.24, 2.45) is 20.4 Å². The van der Waals surface area contributed by atoms with E-state index in [1.165, 1.54) is 12.4 Å². The summed E-state index contributed by atoms with van der Waals surface area (Å²) in [7, 11) is 0.